The van der Waals surface area contributed by atoms with E-state index < -0.39 is 5.97 Å². The first-order chi connectivity index (χ1) is 7.03. The van der Waals surface area contributed by atoms with Crippen LogP contribution in [0.2, 0.25) is 0 Å². The van der Waals surface area contributed by atoms with E-state index >= 15 is 0 Å². The van der Waals surface area contributed by atoms with Crippen LogP contribution in [0.3, 0.4) is 0 Å². The molecule has 1 aliphatic heterocycles. The molecule has 1 aliphatic carbocycles. The Balaban J connectivity index is 2.09. The maximum absolute atomic E-state index is 10.9. The van der Waals surface area contributed by atoms with Crippen LogP contribution in [-0.4, -0.2) is 27.7 Å². The molecule has 0 bridgehead atoms. The van der Waals surface area contributed by atoms with Gasteiger partial charge in [-0.25, -0.2) is 0 Å². The second-order valence-electron chi connectivity index (χ2n) is 5.02. The molecule has 3 unspecified atom stereocenters. The third kappa shape index (κ3) is 2.02. The zero-order valence-electron chi connectivity index (χ0n) is 9.32. The molecule has 0 radical (unpaired) electrons. The molecule has 2 aliphatic rings. The van der Waals surface area contributed by atoms with Crippen molar-refractivity contribution in [1.82, 2.24) is 5.32 Å². The van der Waals surface area contributed by atoms with E-state index in [2.05, 4.69) is 19.2 Å². The van der Waals surface area contributed by atoms with Gasteiger partial charge in [0, 0.05) is 5.75 Å². The van der Waals surface area contributed by atoms with E-state index in [4.69, 9.17) is 5.11 Å². The van der Waals surface area contributed by atoms with Crippen LogP contribution in [-0.2, 0) is 4.79 Å². The molecule has 0 aromatic rings. The molecule has 1 heterocycles. The minimum Gasteiger partial charge on any atom is -0.480 e. The van der Waals surface area contributed by atoms with Gasteiger partial charge in [-0.2, -0.15) is 0 Å². The van der Waals surface area contributed by atoms with Crippen LogP contribution in [0.15, 0.2) is 0 Å². The predicted molar refractivity (Wildman–Crippen MR) is 61.9 cm³/mol. The molecular formula is C11H19NO2S. The molecule has 3 nitrogen and oxygen atoms in total. The van der Waals surface area contributed by atoms with Crippen molar-refractivity contribution in [2.45, 2.75) is 44.0 Å². The summed E-state index contributed by atoms with van der Waals surface area (Å²) in [6, 6.07) is -0.345. The Morgan fingerprint density at radius 3 is 2.80 bits per heavy atom. The molecule has 2 fully saturated rings. The fourth-order valence-electron chi connectivity index (χ4n) is 2.73. The second kappa shape index (κ2) is 3.98. The van der Waals surface area contributed by atoms with Crippen LogP contribution in [0.5, 0.6) is 0 Å². The molecule has 15 heavy (non-hydrogen) atoms. The zero-order chi connectivity index (χ0) is 11.1. The number of aliphatic carboxylic acids is 1. The number of nitrogens with one attached hydrogen (secondary N) is 1. The van der Waals surface area contributed by atoms with Crippen LogP contribution in [0.1, 0.15) is 33.1 Å². The summed E-state index contributed by atoms with van der Waals surface area (Å²) in [6.45, 7) is 4.51. The normalized spacial score (nSPS) is 45.9. The molecule has 1 saturated carbocycles. The van der Waals surface area contributed by atoms with E-state index in [1.165, 1.54) is 12.8 Å². The van der Waals surface area contributed by atoms with E-state index in [0.717, 1.165) is 6.42 Å². The van der Waals surface area contributed by atoms with Gasteiger partial charge >= 0.3 is 5.97 Å². The molecule has 4 atom stereocenters. The van der Waals surface area contributed by atoms with E-state index in [-0.39, 0.29) is 10.9 Å². The summed E-state index contributed by atoms with van der Waals surface area (Å²) < 4.78 is 0. The first kappa shape index (κ1) is 11.3. The molecule has 2 N–H and O–H groups in total. The number of hydrogen-bond acceptors (Lipinski definition) is 3. The number of thioether (sulfide) groups is 1. The quantitative estimate of drug-likeness (QED) is 0.721. The zero-order valence-corrected chi connectivity index (χ0v) is 10.1. The van der Waals surface area contributed by atoms with Crippen molar-refractivity contribution in [2.24, 2.45) is 11.8 Å². The number of hydrogen-bond donors (Lipinski definition) is 2. The molecule has 0 amide bonds. The Morgan fingerprint density at radius 2 is 2.20 bits per heavy atom. The SMILES string of the molecule is CC1CCC(C)C2(C1)N[C@H](C(=O)O)CS2. The summed E-state index contributed by atoms with van der Waals surface area (Å²) in [4.78, 5) is 11.0. The van der Waals surface area contributed by atoms with Crippen LogP contribution in [0.4, 0.5) is 0 Å². The molecule has 1 spiro atoms. The Bertz CT molecular complexity index is 271. The van der Waals surface area contributed by atoms with Crippen molar-refractivity contribution in [3.05, 3.63) is 0 Å². The van der Waals surface area contributed by atoms with Gasteiger partial charge in [0.25, 0.3) is 0 Å². The first-order valence-electron chi connectivity index (χ1n) is 5.68. The fraction of sp³-hybridized carbons (Fsp3) is 0.909. The second-order valence-corrected chi connectivity index (χ2v) is 6.37. The molecule has 1 saturated heterocycles. The van der Waals surface area contributed by atoms with Gasteiger partial charge in [-0.1, -0.05) is 20.3 Å². The lowest BCUT2D eigenvalue weighted by Gasteiger charge is -2.42. The van der Waals surface area contributed by atoms with Gasteiger partial charge in [0.15, 0.2) is 0 Å². The monoisotopic (exact) mass is 229 g/mol. The standard InChI is InChI=1S/C11H19NO2S/c1-7-3-4-8(2)11(5-7)12-9(6-15-11)10(13)14/h7-9,12H,3-6H2,1-2H3,(H,13,14)/t7?,8?,9-,11?/m0/s1. The molecular weight excluding hydrogens is 210 g/mol. The lowest BCUT2D eigenvalue weighted by Crippen LogP contribution is -2.51. The van der Waals surface area contributed by atoms with Crippen LogP contribution >= 0.6 is 11.8 Å². The van der Waals surface area contributed by atoms with Crippen molar-refractivity contribution in [3.63, 3.8) is 0 Å². The minimum absolute atomic E-state index is 0.0424. The summed E-state index contributed by atoms with van der Waals surface area (Å²) in [7, 11) is 0. The number of rotatable bonds is 1. The van der Waals surface area contributed by atoms with Crippen molar-refractivity contribution < 1.29 is 9.90 Å². The topological polar surface area (TPSA) is 49.3 Å². The number of carbonyl (C=O) groups is 1. The summed E-state index contributed by atoms with van der Waals surface area (Å²) in [6.07, 6.45) is 3.61. The van der Waals surface area contributed by atoms with E-state index in [9.17, 15) is 4.79 Å². The van der Waals surface area contributed by atoms with Crippen LogP contribution in [0.25, 0.3) is 0 Å². The van der Waals surface area contributed by atoms with Crippen molar-refractivity contribution in [2.75, 3.05) is 5.75 Å². The molecule has 0 aromatic heterocycles. The lowest BCUT2D eigenvalue weighted by molar-refractivity contribution is -0.139. The molecule has 4 heteroatoms. The minimum atomic E-state index is -0.704. The van der Waals surface area contributed by atoms with Gasteiger partial charge in [0.2, 0.25) is 0 Å². The van der Waals surface area contributed by atoms with E-state index in [0.29, 0.717) is 17.6 Å². The average molecular weight is 229 g/mol. The third-order valence-electron chi connectivity index (χ3n) is 3.76. The van der Waals surface area contributed by atoms with Gasteiger partial charge < -0.3 is 5.11 Å². The van der Waals surface area contributed by atoms with Crippen molar-refractivity contribution in [1.29, 1.82) is 0 Å². The van der Waals surface area contributed by atoms with Gasteiger partial charge in [-0.05, 0) is 24.7 Å². The van der Waals surface area contributed by atoms with Crippen LogP contribution in [0, 0.1) is 11.8 Å². The summed E-state index contributed by atoms with van der Waals surface area (Å²) in [5, 5.41) is 12.4. The Morgan fingerprint density at radius 1 is 1.47 bits per heavy atom. The third-order valence-corrected chi connectivity index (χ3v) is 5.47. The summed E-state index contributed by atoms with van der Waals surface area (Å²) in [5.74, 6) is 1.31. The average Bonchev–Trinajstić information content (AvgIpc) is 2.58. The highest BCUT2D eigenvalue weighted by Crippen LogP contribution is 2.47. The van der Waals surface area contributed by atoms with Gasteiger partial charge in [0.1, 0.15) is 6.04 Å². The summed E-state index contributed by atoms with van der Waals surface area (Å²) in [5.41, 5.74) is 0. The number of carboxylic acids is 1. The van der Waals surface area contributed by atoms with E-state index in [1.807, 2.05) is 11.8 Å². The maximum Gasteiger partial charge on any atom is 0.321 e. The van der Waals surface area contributed by atoms with Gasteiger partial charge in [0.05, 0.1) is 4.87 Å². The lowest BCUT2D eigenvalue weighted by atomic mass is 9.79. The molecule has 2 rings (SSSR count). The summed E-state index contributed by atoms with van der Waals surface area (Å²) >= 11 is 1.82. The first-order valence-corrected chi connectivity index (χ1v) is 6.66. The van der Waals surface area contributed by atoms with Gasteiger partial charge in [-0.15, -0.1) is 11.8 Å². The predicted octanol–water partition coefficient (Wildman–Crippen LogP) is 1.93. The largest absolute Gasteiger partial charge is 0.480 e. The van der Waals surface area contributed by atoms with Crippen molar-refractivity contribution >= 4 is 17.7 Å². The Kier molecular flexibility index (Phi) is 2.99. The van der Waals surface area contributed by atoms with Crippen LogP contribution < -0.4 is 5.32 Å². The van der Waals surface area contributed by atoms with E-state index in [1.54, 1.807) is 0 Å². The van der Waals surface area contributed by atoms with Crippen molar-refractivity contribution in [3.8, 4) is 0 Å². The van der Waals surface area contributed by atoms with Gasteiger partial charge in [-0.3, -0.25) is 10.1 Å². The highest BCUT2D eigenvalue weighted by molar-refractivity contribution is 8.01. The smallest absolute Gasteiger partial charge is 0.321 e. The number of carboxylic acid groups (broad SMARTS) is 1. The Labute approximate surface area is 95.0 Å². The highest BCUT2D eigenvalue weighted by atomic mass is 32.2. The Hall–Kier alpha value is -0.220. The highest BCUT2D eigenvalue weighted by Gasteiger charge is 2.48. The molecule has 86 valence electrons. The molecule has 0 aromatic carbocycles. The fourth-order valence-corrected chi connectivity index (χ4v) is 4.45. The maximum atomic E-state index is 10.9.